The smallest absolute Gasteiger partial charge is 0.191 e. The molecule has 0 bridgehead atoms. The Kier molecular flexibility index (Phi) is 4.39. The molecule has 0 amide bonds. The molecule has 3 aromatic rings. The van der Waals surface area contributed by atoms with Crippen LogP contribution in [-0.4, -0.2) is 10.8 Å². The van der Waals surface area contributed by atoms with Gasteiger partial charge in [0.05, 0.1) is 0 Å². The number of nitrogens with one attached hydrogen (secondary N) is 2. The van der Waals surface area contributed by atoms with Gasteiger partial charge in [0.15, 0.2) is 10.9 Å². The molecule has 0 fully saturated rings. The summed E-state index contributed by atoms with van der Waals surface area (Å²) in [6.45, 7) is 3.92. The van der Waals surface area contributed by atoms with Crippen LogP contribution in [0.2, 0.25) is 0 Å². The standard InChI is InChI=1S/C18H17N3OS/c1-12-7-9-15(10-8-12)19-18(23)21-20-13(2)17-11-14-5-3-4-6-16(14)22-17/h3-11H,1-2H3,(H2,19,21,23). The number of hydrogen-bond donors (Lipinski definition) is 2. The largest absolute Gasteiger partial charge is 0.455 e. The molecule has 4 nitrogen and oxygen atoms in total. The Labute approximate surface area is 140 Å². The van der Waals surface area contributed by atoms with Crippen molar-refractivity contribution in [2.75, 3.05) is 5.32 Å². The van der Waals surface area contributed by atoms with Gasteiger partial charge in [-0.25, -0.2) is 0 Å². The van der Waals surface area contributed by atoms with E-state index in [-0.39, 0.29) is 0 Å². The minimum atomic E-state index is 0.435. The second kappa shape index (κ2) is 6.62. The lowest BCUT2D eigenvalue weighted by atomic mass is 10.2. The Balaban J connectivity index is 1.66. The van der Waals surface area contributed by atoms with E-state index in [9.17, 15) is 0 Å². The van der Waals surface area contributed by atoms with Crippen LogP contribution >= 0.6 is 12.2 Å². The highest BCUT2D eigenvalue weighted by atomic mass is 32.1. The summed E-state index contributed by atoms with van der Waals surface area (Å²) in [6, 6.07) is 17.8. The molecule has 0 aliphatic carbocycles. The fourth-order valence-electron chi connectivity index (χ4n) is 2.15. The molecule has 1 aromatic heterocycles. The van der Waals surface area contributed by atoms with E-state index in [0.29, 0.717) is 5.11 Å². The second-order valence-corrected chi connectivity index (χ2v) is 5.69. The number of anilines is 1. The van der Waals surface area contributed by atoms with E-state index in [2.05, 4.69) is 15.8 Å². The lowest BCUT2D eigenvalue weighted by Gasteiger charge is -2.07. The zero-order valence-electron chi connectivity index (χ0n) is 13.0. The number of aryl methyl sites for hydroxylation is 1. The SMILES string of the molecule is CC(=NNC(=S)Nc1ccc(C)cc1)c1cc2ccccc2o1. The van der Waals surface area contributed by atoms with Gasteiger partial charge < -0.3 is 9.73 Å². The molecular weight excluding hydrogens is 306 g/mol. The van der Waals surface area contributed by atoms with E-state index in [4.69, 9.17) is 16.6 Å². The number of nitrogens with zero attached hydrogens (tertiary/aromatic N) is 1. The molecule has 0 aliphatic rings. The van der Waals surface area contributed by atoms with Gasteiger partial charge in [0.1, 0.15) is 11.3 Å². The minimum absolute atomic E-state index is 0.435. The van der Waals surface area contributed by atoms with Crippen molar-refractivity contribution in [2.45, 2.75) is 13.8 Å². The average molecular weight is 323 g/mol. The van der Waals surface area contributed by atoms with Gasteiger partial charge >= 0.3 is 0 Å². The summed E-state index contributed by atoms with van der Waals surface area (Å²) in [6.07, 6.45) is 0. The van der Waals surface area contributed by atoms with Crippen LogP contribution in [0.3, 0.4) is 0 Å². The van der Waals surface area contributed by atoms with Crippen molar-refractivity contribution in [3.63, 3.8) is 0 Å². The Morgan fingerprint density at radius 2 is 1.83 bits per heavy atom. The van der Waals surface area contributed by atoms with Gasteiger partial charge in [0.25, 0.3) is 0 Å². The van der Waals surface area contributed by atoms with Crippen molar-refractivity contribution in [1.82, 2.24) is 5.43 Å². The zero-order valence-corrected chi connectivity index (χ0v) is 13.8. The molecule has 3 rings (SSSR count). The van der Waals surface area contributed by atoms with E-state index in [1.54, 1.807) is 0 Å². The summed E-state index contributed by atoms with van der Waals surface area (Å²) < 4.78 is 5.76. The normalized spacial score (nSPS) is 11.5. The van der Waals surface area contributed by atoms with Gasteiger partial charge in [-0.2, -0.15) is 5.10 Å². The molecule has 0 aliphatic heterocycles. The second-order valence-electron chi connectivity index (χ2n) is 5.28. The van der Waals surface area contributed by atoms with Gasteiger partial charge in [-0.05, 0) is 50.3 Å². The van der Waals surface area contributed by atoms with Gasteiger partial charge in [-0.3, -0.25) is 5.43 Å². The van der Waals surface area contributed by atoms with Crippen molar-refractivity contribution in [3.8, 4) is 0 Å². The summed E-state index contributed by atoms with van der Waals surface area (Å²) >= 11 is 5.24. The summed E-state index contributed by atoms with van der Waals surface area (Å²) in [5, 5.41) is 8.85. The monoisotopic (exact) mass is 323 g/mol. The fraction of sp³-hybridized carbons (Fsp3) is 0.111. The first kappa shape index (κ1) is 15.2. The van der Waals surface area contributed by atoms with E-state index in [1.165, 1.54) is 5.56 Å². The first-order valence-corrected chi connectivity index (χ1v) is 7.69. The Morgan fingerprint density at radius 3 is 2.57 bits per heavy atom. The number of benzene rings is 2. The summed E-state index contributed by atoms with van der Waals surface area (Å²) in [7, 11) is 0. The van der Waals surface area contributed by atoms with Crippen molar-refractivity contribution in [3.05, 3.63) is 65.9 Å². The molecule has 0 unspecified atom stereocenters. The maximum absolute atomic E-state index is 5.76. The first-order chi connectivity index (χ1) is 11.1. The predicted molar refractivity (Wildman–Crippen MR) is 99.0 cm³/mol. The van der Waals surface area contributed by atoms with Crippen molar-refractivity contribution in [2.24, 2.45) is 5.10 Å². The van der Waals surface area contributed by atoms with Gasteiger partial charge in [-0.1, -0.05) is 35.9 Å². The molecule has 2 aromatic carbocycles. The van der Waals surface area contributed by atoms with Gasteiger partial charge in [0.2, 0.25) is 0 Å². The Bertz CT molecular complexity index is 832. The topological polar surface area (TPSA) is 49.6 Å². The fourth-order valence-corrected chi connectivity index (χ4v) is 2.31. The van der Waals surface area contributed by atoms with Crippen molar-refractivity contribution in [1.29, 1.82) is 0 Å². The van der Waals surface area contributed by atoms with Gasteiger partial charge in [0, 0.05) is 11.1 Å². The summed E-state index contributed by atoms with van der Waals surface area (Å²) in [5.74, 6) is 0.719. The highest BCUT2D eigenvalue weighted by molar-refractivity contribution is 7.80. The van der Waals surface area contributed by atoms with Crippen LogP contribution in [0.5, 0.6) is 0 Å². The molecule has 23 heavy (non-hydrogen) atoms. The van der Waals surface area contributed by atoms with Crippen LogP contribution < -0.4 is 10.7 Å². The van der Waals surface area contributed by atoms with E-state index in [1.807, 2.05) is 68.4 Å². The molecule has 0 saturated carbocycles. The maximum atomic E-state index is 5.76. The summed E-state index contributed by atoms with van der Waals surface area (Å²) in [5.41, 5.74) is 6.54. The molecule has 2 N–H and O–H groups in total. The number of rotatable bonds is 3. The molecular formula is C18H17N3OS. The average Bonchev–Trinajstić information content (AvgIpc) is 2.99. The zero-order chi connectivity index (χ0) is 16.2. The lowest BCUT2D eigenvalue weighted by Crippen LogP contribution is -2.24. The number of fused-ring (bicyclic) bond motifs is 1. The third-order valence-corrected chi connectivity index (χ3v) is 3.61. The number of hydrogen-bond acceptors (Lipinski definition) is 3. The predicted octanol–water partition coefficient (Wildman–Crippen LogP) is 4.45. The molecule has 0 spiro atoms. The van der Waals surface area contributed by atoms with E-state index >= 15 is 0 Å². The molecule has 116 valence electrons. The van der Waals surface area contributed by atoms with Crippen LogP contribution in [0.1, 0.15) is 18.2 Å². The highest BCUT2D eigenvalue weighted by Crippen LogP contribution is 2.19. The lowest BCUT2D eigenvalue weighted by molar-refractivity contribution is 0.603. The van der Waals surface area contributed by atoms with Crippen LogP contribution in [0.4, 0.5) is 5.69 Å². The maximum Gasteiger partial charge on any atom is 0.191 e. The third-order valence-electron chi connectivity index (χ3n) is 3.42. The van der Waals surface area contributed by atoms with Crippen molar-refractivity contribution >= 4 is 39.7 Å². The van der Waals surface area contributed by atoms with E-state index in [0.717, 1.165) is 28.1 Å². The number of thiocarbonyl (C=S) groups is 1. The van der Waals surface area contributed by atoms with Crippen molar-refractivity contribution < 1.29 is 4.42 Å². The Hall–Kier alpha value is -2.66. The number of hydrazone groups is 1. The number of para-hydroxylation sites is 1. The minimum Gasteiger partial charge on any atom is -0.455 e. The highest BCUT2D eigenvalue weighted by Gasteiger charge is 2.06. The molecule has 1 heterocycles. The Morgan fingerprint density at radius 1 is 1.09 bits per heavy atom. The quantitative estimate of drug-likeness (QED) is 0.425. The van der Waals surface area contributed by atoms with Crippen LogP contribution in [0.25, 0.3) is 11.0 Å². The molecule has 0 saturated heterocycles. The van der Waals surface area contributed by atoms with Gasteiger partial charge in [-0.15, -0.1) is 0 Å². The van der Waals surface area contributed by atoms with Crippen LogP contribution in [-0.2, 0) is 0 Å². The van der Waals surface area contributed by atoms with Crippen LogP contribution in [0.15, 0.2) is 64.1 Å². The number of furan rings is 1. The third kappa shape index (κ3) is 3.76. The van der Waals surface area contributed by atoms with E-state index < -0.39 is 0 Å². The van der Waals surface area contributed by atoms with Crippen LogP contribution in [0, 0.1) is 6.92 Å². The molecule has 5 heteroatoms. The molecule has 0 atom stereocenters. The summed E-state index contributed by atoms with van der Waals surface area (Å²) in [4.78, 5) is 0. The molecule has 0 radical (unpaired) electrons. The first-order valence-electron chi connectivity index (χ1n) is 7.29.